The molecule has 2 aromatic carbocycles. The molecule has 0 bridgehead atoms. The first-order chi connectivity index (χ1) is 9.28. The molecule has 0 aliphatic carbocycles. The molecule has 2 rings (SSSR count). The van der Waals surface area contributed by atoms with Crippen LogP contribution in [-0.2, 0) is 14.3 Å². The highest BCUT2D eigenvalue weighted by molar-refractivity contribution is 7.86. The molecule has 0 fully saturated rings. The monoisotopic (exact) mass is 290 g/mol. The molecule has 0 atom stereocenters. The van der Waals surface area contributed by atoms with Crippen molar-refractivity contribution in [2.45, 2.75) is 31.3 Å². The van der Waals surface area contributed by atoms with E-state index in [4.69, 9.17) is 4.18 Å². The van der Waals surface area contributed by atoms with Gasteiger partial charge in [-0.25, -0.2) is 0 Å². The lowest BCUT2D eigenvalue weighted by atomic mass is 10.1. The lowest BCUT2D eigenvalue weighted by Gasteiger charge is -2.18. The van der Waals surface area contributed by atoms with Gasteiger partial charge < -0.3 is 0 Å². The summed E-state index contributed by atoms with van der Waals surface area (Å²) in [6, 6.07) is 16.5. The Morgan fingerprint density at radius 2 is 1.30 bits per heavy atom. The summed E-state index contributed by atoms with van der Waals surface area (Å²) in [5.41, 5.74) is 1.28. The normalized spacial score (nSPS) is 12.3. The standard InChI is InChI=1S/C16H18O3S/c1-16(2,3)19-20(17,18)15-11-9-14(10-12-15)13-7-5-4-6-8-13/h4-12H,1-3H3. The Morgan fingerprint density at radius 1 is 0.800 bits per heavy atom. The predicted molar refractivity (Wildman–Crippen MR) is 79.9 cm³/mol. The van der Waals surface area contributed by atoms with Gasteiger partial charge in [0.25, 0.3) is 10.1 Å². The van der Waals surface area contributed by atoms with Gasteiger partial charge in [-0.3, -0.25) is 4.18 Å². The van der Waals surface area contributed by atoms with Crippen LogP contribution >= 0.6 is 0 Å². The van der Waals surface area contributed by atoms with Crippen LogP contribution in [0.25, 0.3) is 11.1 Å². The fourth-order valence-corrected chi connectivity index (χ4v) is 3.05. The van der Waals surface area contributed by atoms with Crippen LogP contribution in [0.5, 0.6) is 0 Å². The first kappa shape index (κ1) is 14.8. The van der Waals surface area contributed by atoms with Crippen molar-refractivity contribution in [1.29, 1.82) is 0 Å². The van der Waals surface area contributed by atoms with Crippen molar-refractivity contribution >= 4 is 10.1 Å². The van der Waals surface area contributed by atoms with E-state index in [2.05, 4.69) is 0 Å². The quantitative estimate of drug-likeness (QED) is 0.806. The smallest absolute Gasteiger partial charge is 0.261 e. The maximum atomic E-state index is 12.1. The molecule has 106 valence electrons. The molecule has 4 heteroatoms. The van der Waals surface area contributed by atoms with Crippen molar-refractivity contribution < 1.29 is 12.6 Å². The third kappa shape index (κ3) is 3.68. The first-order valence-corrected chi connectivity index (χ1v) is 7.80. The van der Waals surface area contributed by atoms with Gasteiger partial charge in [0.1, 0.15) is 0 Å². The highest BCUT2D eigenvalue weighted by Crippen LogP contribution is 2.24. The zero-order chi connectivity index (χ0) is 14.8. The molecule has 0 radical (unpaired) electrons. The molecule has 0 N–H and O–H groups in total. The Bertz CT molecular complexity index is 666. The Hall–Kier alpha value is -1.65. The van der Waals surface area contributed by atoms with Crippen LogP contribution in [-0.4, -0.2) is 14.0 Å². The summed E-state index contributed by atoms with van der Waals surface area (Å²) in [7, 11) is -3.72. The lowest BCUT2D eigenvalue weighted by Crippen LogP contribution is -2.24. The predicted octanol–water partition coefficient (Wildman–Crippen LogP) is 3.86. The van der Waals surface area contributed by atoms with Crippen molar-refractivity contribution in [3.8, 4) is 11.1 Å². The molecule has 2 aromatic rings. The van der Waals surface area contributed by atoms with E-state index in [-0.39, 0.29) is 4.90 Å². The van der Waals surface area contributed by atoms with Crippen molar-refractivity contribution in [3.05, 3.63) is 54.6 Å². The lowest BCUT2D eigenvalue weighted by molar-refractivity contribution is 0.139. The Labute approximate surface area is 120 Å². The number of benzene rings is 2. The van der Waals surface area contributed by atoms with E-state index < -0.39 is 15.7 Å². The summed E-state index contributed by atoms with van der Waals surface area (Å²) in [5.74, 6) is 0. The van der Waals surface area contributed by atoms with Crippen LogP contribution < -0.4 is 0 Å². The molecule has 0 saturated heterocycles. The Balaban J connectivity index is 2.29. The van der Waals surface area contributed by atoms with Gasteiger partial charge in [0, 0.05) is 0 Å². The van der Waals surface area contributed by atoms with E-state index in [1.165, 1.54) is 0 Å². The summed E-state index contributed by atoms with van der Waals surface area (Å²) in [6.07, 6.45) is 0. The zero-order valence-corrected chi connectivity index (χ0v) is 12.6. The van der Waals surface area contributed by atoms with Gasteiger partial charge in [0.05, 0.1) is 10.5 Å². The minimum absolute atomic E-state index is 0.173. The van der Waals surface area contributed by atoms with Crippen molar-refractivity contribution in [3.63, 3.8) is 0 Å². The first-order valence-electron chi connectivity index (χ1n) is 6.39. The molecule has 0 saturated carbocycles. The number of rotatable bonds is 3. The summed E-state index contributed by atoms with van der Waals surface area (Å²) in [5, 5.41) is 0. The summed E-state index contributed by atoms with van der Waals surface area (Å²) in [6.45, 7) is 5.13. The molecule has 0 amide bonds. The van der Waals surface area contributed by atoms with Gasteiger partial charge in [0.2, 0.25) is 0 Å². The second-order valence-electron chi connectivity index (χ2n) is 5.54. The van der Waals surface area contributed by atoms with E-state index in [1.807, 2.05) is 30.3 Å². The summed E-state index contributed by atoms with van der Waals surface area (Å²) in [4.78, 5) is 0.173. The Kier molecular flexibility index (Phi) is 3.97. The van der Waals surface area contributed by atoms with Crippen LogP contribution in [0.4, 0.5) is 0 Å². The molecule has 0 heterocycles. The molecule has 0 spiro atoms. The van der Waals surface area contributed by atoms with Crippen molar-refractivity contribution in [2.75, 3.05) is 0 Å². The molecule has 3 nitrogen and oxygen atoms in total. The molecule has 20 heavy (non-hydrogen) atoms. The van der Waals surface area contributed by atoms with Gasteiger partial charge in [0.15, 0.2) is 0 Å². The van der Waals surface area contributed by atoms with Gasteiger partial charge >= 0.3 is 0 Å². The van der Waals surface area contributed by atoms with E-state index in [1.54, 1.807) is 45.0 Å². The molecular formula is C16H18O3S. The fourth-order valence-electron chi connectivity index (χ4n) is 1.82. The van der Waals surface area contributed by atoms with Crippen molar-refractivity contribution in [2.24, 2.45) is 0 Å². The van der Waals surface area contributed by atoms with Crippen LogP contribution in [0, 0.1) is 0 Å². The average Bonchev–Trinajstić information content (AvgIpc) is 2.37. The second kappa shape index (κ2) is 5.38. The van der Waals surface area contributed by atoms with Crippen LogP contribution in [0.1, 0.15) is 20.8 Å². The summed E-state index contributed by atoms with van der Waals surface area (Å²) >= 11 is 0. The molecular weight excluding hydrogens is 272 g/mol. The van der Waals surface area contributed by atoms with Crippen LogP contribution in [0.3, 0.4) is 0 Å². The third-order valence-electron chi connectivity index (χ3n) is 2.61. The minimum Gasteiger partial charge on any atom is -0.261 e. The third-order valence-corrected chi connectivity index (χ3v) is 4.18. The fraction of sp³-hybridized carbons (Fsp3) is 0.250. The maximum Gasteiger partial charge on any atom is 0.297 e. The van der Waals surface area contributed by atoms with E-state index in [9.17, 15) is 8.42 Å². The number of hydrogen-bond acceptors (Lipinski definition) is 3. The van der Waals surface area contributed by atoms with Gasteiger partial charge in [-0.1, -0.05) is 42.5 Å². The minimum atomic E-state index is -3.72. The molecule has 0 aliphatic rings. The Morgan fingerprint density at radius 3 is 1.80 bits per heavy atom. The second-order valence-corrected chi connectivity index (χ2v) is 7.09. The van der Waals surface area contributed by atoms with Gasteiger partial charge in [-0.05, 0) is 44.0 Å². The van der Waals surface area contributed by atoms with E-state index >= 15 is 0 Å². The average molecular weight is 290 g/mol. The SMILES string of the molecule is CC(C)(C)OS(=O)(=O)c1ccc(-c2ccccc2)cc1. The van der Waals surface area contributed by atoms with Gasteiger partial charge in [-0.2, -0.15) is 8.42 Å². The zero-order valence-electron chi connectivity index (χ0n) is 11.8. The largest absolute Gasteiger partial charge is 0.297 e. The molecule has 0 aromatic heterocycles. The highest BCUT2D eigenvalue weighted by atomic mass is 32.2. The van der Waals surface area contributed by atoms with Crippen LogP contribution in [0.2, 0.25) is 0 Å². The topological polar surface area (TPSA) is 43.4 Å². The highest BCUT2D eigenvalue weighted by Gasteiger charge is 2.23. The molecule has 0 aliphatic heterocycles. The summed E-state index contributed by atoms with van der Waals surface area (Å²) < 4.78 is 29.3. The van der Waals surface area contributed by atoms with E-state index in [0.29, 0.717) is 0 Å². The van der Waals surface area contributed by atoms with E-state index in [0.717, 1.165) is 11.1 Å². The molecule has 0 unspecified atom stereocenters. The maximum absolute atomic E-state index is 12.1. The van der Waals surface area contributed by atoms with Crippen LogP contribution in [0.15, 0.2) is 59.5 Å². The van der Waals surface area contributed by atoms with Gasteiger partial charge in [-0.15, -0.1) is 0 Å². The van der Waals surface area contributed by atoms with Crippen molar-refractivity contribution in [1.82, 2.24) is 0 Å². The number of hydrogen-bond donors (Lipinski definition) is 0.